The highest BCUT2D eigenvalue weighted by Gasteiger charge is 2.46. The number of piperidine rings is 3. The van der Waals surface area contributed by atoms with Gasteiger partial charge in [0, 0.05) is 99.5 Å². The number of hydrogen-bond acceptors (Lipinski definition) is 11. The number of anilines is 3. The van der Waals surface area contributed by atoms with E-state index in [2.05, 4.69) is 30.2 Å². The van der Waals surface area contributed by atoms with Crippen LogP contribution in [0.2, 0.25) is 0 Å². The number of alkyl halides is 2. The van der Waals surface area contributed by atoms with Gasteiger partial charge in [0.05, 0.1) is 36.5 Å². The summed E-state index contributed by atoms with van der Waals surface area (Å²) in [5.74, 6) is -1.10. The van der Waals surface area contributed by atoms with Crippen molar-refractivity contribution in [3.8, 4) is 11.1 Å². The molecule has 2 aromatic heterocycles. The molecule has 6 aliphatic heterocycles. The van der Waals surface area contributed by atoms with E-state index in [0.717, 1.165) is 66.2 Å². The van der Waals surface area contributed by atoms with Crippen molar-refractivity contribution in [2.24, 2.45) is 13.0 Å². The van der Waals surface area contributed by atoms with Crippen molar-refractivity contribution in [3.63, 3.8) is 0 Å². The Morgan fingerprint density at radius 3 is 2.40 bits per heavy atom. The molecule has 0 bridgehead atoms. The molecule has 10 rings (SSSR count). The molecular formula is C48H55F2N11O6. The summed E-state index contributed by atoms with van der Waals surface area (Å²) in [5, 5.41) is 15.1. The Balaban J connectivity index is 0.765. The Morgan fingerprint density at radius 1 is 0.896 bits per heavy atom. The molecule has 2 N–H and O–H groups in total. The number of rotatable bonds is 10. The van der Waals surface area contributed by atoms with Gasteiger partial charge in [0.25, 0.3) is 18.2 Å². The van der Waals surface area contributed by atoms with Crippen LogP contribution in [0, 0.1) is 5.92 Å². The molecule has 17 nitrogen and oxygen atoms in total. The first-order chi connectivity index (χ1) is 32.3. The molecule has 4 aromatic rings. The highest BCUT2D eigenvalue weighted by molar-refractivity contribution is 6.25. The van der Waals surface area contributed by atoms with Crippen molar-refractivity contribution in [2.45, 2.75) is 89.8 Å². The molecule has 67 heavy (non-hydrogen) atoms. The minimum Gasteiger partial charge on any atom is -0.384 e. The lowest BCUT2D eigenvalue weighted by atomic mass is 9.92. The third kappa shape index (κ3) is 8.35. The molecule has 19 heteroatoms. The summed E-state index contributed by atoms with van der Waals surface area (Å²) in [5.41, 5.74) is 5.79. The molecular weight excluding hydrogens is 865 g/mol. The number of fused-ring (bicyclic) bond motifs is 3. The molecule has 6 amide bonds. The number of carbonyl (C=O) groups is 6. The van der Waals surface area contributed by atoms with Gasteiger partial charge in [-0.1, -0.05) is 6.07 Å². The summed E-state index contributed by atoms with van der Waals surface area (Å²) >= 11 is 0. The van der Waals surface area contributed by atoms with Gasteiger partial charge >= 0.3 is 0 Å². The van der Waals surface area contributed by atoms with Crippen molar-refractivity contribution in [1.29, 1.82) is 0 Å². The number of nitrogens with one attached hydrogen (secondary N) is 2. The van der Waals surface area contributed by atoms with Crippen LogP contribution in [0.25, 0.3) is 11.1 Å². The van der Waals surface area contributed by atoms with Crippen LogP contribution in [0.1, 0.15) is 107 Å². The molecule has 6 aliphatic rings. The zero-order valence-electron chi connectivity index (χ0n) is 37.8. The third-order valence-corrected chi connectivity index (χ3v) is 14.7. The van der Waals surface area contributed by atoms with E-state index in [0.29, 0.717) is 87.7 Å². The quantitative estimate of drug-likeness (QED) is 0.213. The first-order valence-corrected chi connectivity index (χ1v) is 23.5. The summed E-state index contributed by atoms with van der Waals surface area (Å²) in [6.07, 6.45) is 6.13. The maximum atomic E-state index is 14.7. The van der Waals surface area contributed by atoms with Crippen LogP contribution in [0.4, 0.5) is 26.0 Å². The van der Waals surface area contributed by atoms with E-state index in [1.807, 2.05) is 15.9 Å². The van der Waals surface area contributed by atoms with E-state index in [1.54, 1.807) is 55.3 Å². The Kier molecular flexibility index (Phi) is 11.9. The Hall–Kier alpha value is -6.50. The average Bonchev–Trinajstić information content (AvgIpc) is 4.01. The molecule has 0 saturated carbocycles. The van der Waals surface area contributed by atoms with Crippen LogP contribution < -0.4 is 15.5 Å². The Bertz CT molecular complexity index is 2660. The largest absolute Gasteiger partial charge is 0.384 e. The lowest BCUT2D eigenvalue weighted by Crippen LogP contribution is -2.54. The topological polar surface area (TPSA) is 178 Å². The van der Waals surface area contributed by atoms with Crippen molar-refractivity contribution >= 4 is 52.6 Å². The molecule has 352 valence electrons. The van der Waals surface area contributed by atoms with Crippen molar-refractivity contribution in [1.82, 2.24) is 44.5 Å². The Morgan fingerprint density at radius 2 is 1.69 bits per heavy atom. The Labute approximate surface area is 386 Å². The third-order valence-electron chi connectivity index (χ3n) is 14.7. The van der Waals surface area contributed by atoms with Crippen LogP contribution in [0.3, 0.4) is 0 Å². The SMILES string of the molecule is CC(=O)N1CCc2c(c(N3CCCc4cc(-c5cnn(C)c5)c(C(F)F)cc43)nn2C2CCN(C(=O)CN3CCC(CNc4cccc5c4C(=O)N(C4CCC(=O)NC4=O)C5=O)CC3)CC2)C1. The average molecular weight is 920 g/mol. The van der Waals surface area contributed by atoms with Gasteiger partial charge in [-0.2, -0.15) is 10.2 Å². The molecule has 3 fully saturated rings. The molecule has 8 heterocycles. The standard InChI is InChI=1S/C48H55F2N11O6/c1-28(62)58-20-14-38-36(26-58)45(59-15-4-5-30-21-34(31-24-52-55(2)25-31)35(44(49)50)22-40(30)59)54-61(38)32-12-18-57(19-13-32)42(64)27-56-16-10-29(11-17-56)23-51-37-7-3-6-33-43(37)48(67)60(47(33)66)39-8-9-41(63)53-46(39)65/h3,6-7,21-22,24-25,29,32,39,44,51H,4-5,8-20,23,26-27H2,1-2H3,(H,53,63,65). The normalized spacial score (nSPS) is 20.6. The number of hydrogen-bond donors (Lipinski definition) is 2. The fourth-order valence-electron chi connectivity index (χ4n) is 11.0. The fraction of sp³-hybridized carbons (Fsp3) is 0.500. The van der Waals surface area contributed by atoms with Crippen molar-refractivity contribution < 1.29 is 37.5 Å². The summed E-state index contributed by atoms with van der Waals surface area (Å²) < 4.78 is 33.2. The van der Waals surface area contributed by atoms with Gasteiger partial charge in [0.1, 0.15) is 6.04 Å². The van der Waals surface area contributed by atoms with Gasteiger partial charge in [0.15, 0.2) is 5.82 Å². The number of likely N-dealkylation sites (tertiary alicyclic amines) is 2. The minimum atomic E-state index is -2.69. The monoisotopic (exact) mass is 919 g/mol. The first kappa shape index (κ1) is 44.3. The number of nitrogens with zero attached hydrogens (tertiary/aromatic N) is 9. The van der Waals surface area contributed by atoms with E-state index >= 15 is 0 Å². The maximum Gasteiger partial charge on any atom is 0.264 e. The van der Waals surface area contributed by atoms with Crippen molar-refractivity contribution in [2.75, 3.05) is 62.6 Å². The van der Waals surface area contributed by atoms with Gasteiger partial charge in [-0.25, -0.2) is 8.78 Å². The smallest absolute Gasteiger partial charge is 0.264 e. The second-order valence-electron chi connectivity index (χ2n) is 18.8. The van der Waals surface area contributed by atoms with Gasteiger partial charge in [-0.3, -0.25) is 53.2 Å². The second kappa shape index (κ2) is 18.0. The molecule has 0 aliphatic carbocycles. The van der Waals surface area contributed by atoms with E-state index in [-0.39, 0.29) is 53.3 Å². The van der Waals surface area contributed by atoms with Crippen LogP contribution in [-0.4, -0.2) is 133 Å². The molecule has 1 unspecified atom stereocenters. The second-order valence-corrected chi connectivity index (χ2v) is 18.8. The summed E-state index contributed by atoms with van der Waals surface area (Å²) in [7, 11) is 1.77. The summed E-state index contributed by atoms with van der Waals surface area (Å²) in [6, 6.07) is 7.56. The van der Waals surface area contributed by atoms with Crippen LogP contribution in [0.5, 0.6) is 0 Å². The molecule has 1 atom stereocenters. The zero-order chi connectivity index (χ0) is 46.7. The van der Waals surface area contributed by atoms with Crippen LogP contribution >= 0.6 is 0 Å². The van der Waals surface area contributed by atoms with E-state index in [4.69, 9.17) is 5.10 Å². The number of aryl methyl sites for hydroxylation is 2. The summed E-state index contributed by atoms with van der Waals surface area (Å²) in [6.45, 7) is 6.68. The van der Waals surface area contributed by atoms with Gasteiger partial charge in [-0.15, -0.1) is 0 Å². The van der Waals surface area contributed by atoms with E-state index in [9.17, 15) is 37.5 Å². The maximum absolute atomic E-state index is 14.7. The van der Waals surface area contributed by atoms with Gasteiger partial charge in [-0.05, 0) is 99.3 Å². The fourth-order valence-corrected chi connectivity index (χ4v) is 11.0. The zero-order valence-corrected chi connectivity index (χ0v) is 37.8. The lowest BCUT2D eigenvalue weighted by molar-refractivity contribution is -0.136. The highest BCUT2D eigenvalue weighted by Crippen LogP contribution is 2.44. The van der Waals surface area contributed by atoms with E-state index in [1.165, 1.54) is 0 Å². The predicted octanol–water partition coefficient (Wildman–Crippen LogP) is 4.60. The number of carbonyl (C=O) groups excluding carboxylic acids is 6. The van der Waals surface area contributed by atoms with E-state index < -0.39 is 36.1 Å². The number of benzene rings is 2. The molecule has 3 saturated heterocycles. The number of imide groups is 2. The molecule has 0 spiro atoms. The molecule has 2 aromatic carbocycles. The predicted molar refractivity (Wildman–Crippen MR) is 242 cm³/mol. The molecule has 0 radical (unpaired) electrons. The van der Waals surface area contributed by atoms with Crippen LogP contribution in [-0.2, 0) is 45.6 Å². The van der Waals surface area contributed by atoms with Gasteiger partial charge in [0.2, 0.25) is 23.6 Å². The van der Waals surface area contributed by atoms with Gasteiger partial charge < -0.3 is 20.0 Å². The lowest BCUT2D eigenvalue weighted by Gasteiger charge is -2.36. The summed E-state index contributed by atoms with van der Waals surface area (Å²) in [4.78, 5) is 86.5. The minimum absolute atomic E-state index is 0.0229. The van der Waals surface area contributed by atoms with Crippen molar-refractivity contribution in [3.05, 3.63) is 76.2 Å². The highest BCUT2D eigenvalue weighted by atomic mass is 19.3. The first-order valence-electron chi connectivity index (χ1n) is 23.5. The number of aromatic nitrogens is 4. The number of halogens is 2. The van der Waals surface area contributed by atoms with Crippen LogP contribution in [0.15, 0.2) is 42.7 Å². The number of amides is 6.